The molecule has 28 heavy (non-hydrogen) atoms. The van der Waals surface area contributed by atoms with Crippen molar-refractivity contribution < 1.29 is 26.8 Å². The number of furan rings is 1. The van der Waals surface area contributed by atoms with Gasteiger partial charge in [-0.3, -0.25) is 4.31 Å². The van der Waals surface area contributed by atoms with Gasteiger partial charge in [0.2, 0.25) is 5.76 Å². The van der Waals surface area contributed by atoms with Gasteiger partial charge in [-0.2, -0.15) is 0 Å². The molecule has 0 unspecified atom stereocenters. The largest absolute Gasteiger partial charge is 0.463 e. The zero-order chi connectivity index (χ0) is 20.3. The first-order valence-electron chi connectivity index (χ1n) is 8.34. The van der Waals surface area contributed by atoms with Gasteiger partial charge in [-0.15, -0.1) is 0 Å². The summed E-state index contributed by atoms with van der Waals surface area (Å²) in [6.45, 7) is 1.52. The lowest BCUT2D eigenvalue weighted by Crippen LogP contribution is -2.30. The van der Waals surface area contributed by atoms with Gasteiger partial charge >= 0.3 is 5.97 Å². The predicted molar refractivity (Wildman–Crippen MR) is 101 cm³/mol. The molecule has 1 aromatic heterocycles. The third-order valence-corrected chi connectivity index (χ3v) is 5.87. The minimum absolute atomic E-state index is 0.0182. The molecule has 8 heteroatoms. The van der Waals surface area contributed by atoms with Crippen molar-refractivity contribution in [2.75, 3.05) is 11.4 Å². The van der Waals surface area contributed by atoms with E-state index in [4.69, 9.17) is 4.42 Å². The molecule has 2 aromatic carbocycles. The number of esters is 1. The number of halogens is 1. The zero-order valence-corrected chi connectivity index (χ0v) is 16.1. The molecule has 0 aliphatic rings. The van der Waals surface area contributed by atoms with Crippen LogP contribution in [0.5, 0.6) is 0 Å². The SMILES string of the molecule is COC(=O)c1oc(CN(c2ccccc2)S(=O)(=O)c2ccc(F)cc2)cc1C. The Morgan fingerprint density at radius 1 is 1.11 bits per heavy atom. The second kappa shape index (κ2) is 7.85. The van der Waals surface area contributed by atoms with Crippen LogP contribution in [0.15, 0.2) is 70.0 Å². The van der Waals surface area contributed by atoms with Gasteiger partial charge in [0, 0.05) is 5.56 Å². The van der Waals surface area contributed by atoms with E-state index in [-0.39, 0.29) is 23.0 Å². The molecule has 0 aliphatic heterocycles. The Kier molecular flexibility index (Phi) is 5.51. The highest BCUT2D eigenvalue weighted by Crippen LogP contribution is 2.27. The molecule has 3 aromatic rings. The zero-order valence-electron chi connectivity index (χ0n) is 15.3. The summed E-state index contributed by atoms with van der Waals surface area (Å²) in [6.07, 6.45) is 0. The van der Waals surface area contributed by atoms with Crippen LogP contribution in [-0.2, 0) is 21.3 Å². The van der Waals surface area contributed by atoms with Crippen LogP contribution in [0.4, 0.5) is 10.1 Å². The number of ether oxygens (including phenoxy) is 1. The van der Waals surface area contributed by atoms with Gasteiger partial charge in [-0.25, -0.2) is 17.6 Å². The smallest absolute Gasteiger partial charge is 0.374 e. The molecule has 0 saturated carbocycles. The van der Waals surface area contributed by atoms with E-state index in [0.717, 1.165) is 16.4 Å². The summed E-state index contributed by atoms with van der Waals surface area (Å²) in [4.78, 5) is 11.7. The lowest BCUT2D eigenvalue weighted by Gasteiger charge is -2.23. The molecule has 0 atom stereocenters. The number of anilines is 1. The Balaban J connectivity index is 2.04. The summed E-state index contributed by atoms with van der Waals surface area (Å²) in [5.41, 5.74) is 0.939. The van der Waals surface area contributed by atoms with E-state index < -0.39 is 21.8 Å². The molecule has 3 rings (SSSR count). The summed E-state index contributed by atoms with van der Waals surface area (Å²) < 4.78 is 51.0. The van der Waals surface area contributed by atoms with E-state index >= 15 is 0 Å². The minimum Gasteiger partial charge on any atom is -0.463 e. The summed E-state index contributed by atoms with van der Waals surface area (Å²) >= 11 is 0. The molecule has 0 aliphatic carbocycles. The van der Waals surface area contributed by atoms with Crippen molar-refractivity contribution in [3.05, 3.63) is 83.6 Å². The van der Waals surface area contributed by atoms with Crippen LogP contribution in [0.2, 0.25) is 0 Å². The maximum absolute atomic E-state index is 13.2. The Hall–Kier alpha value is -3.13. The first kappa shape index (κ1) is 19.6. The fourth-order valence-electron chi connectivity index (χ4n) is 2.71. The number of rotatable bonds is 6. The van der Waals surface area contributed by atoms with Crippen LogP contribution in [-0.4, -0.2) is 21.5 Å². The number of aryl methyl sites for hydroxylation is 1. The average molecular weight is 403 g/mol. The van der Waals surface area contributed by atoms with Crippen molar-refractivity contribution in [1.29, 1.82) is 0 Å². The Labute approximate surface area is 162 Å². The quantitative estimate of drug-likeness (QED) is 0.583. The van der Waals surface area contributed by atoms with Crippen molar-refractivity contribution in [3.63, 3.8) is 0 Å². The van der Waals surface area contributed by atoms with Crippen LogP contribution < -0.4 is 4.31 Å². The number of carbonyl (C=O) groups excluding carboxylic acids is 1. The molecule has 6 nitrogen and oxygen atoms in total. The van der Waals surface area contributed by atoms with E-state index in [9.17, 15) is 17.6 Å². The highest BCUT2D eigenvalue weighted by Gasteiger charge is 2.27. The van der Waals surface area contributed by atoms with Crippen molar-refractivity contribution in [1.82, 2.24) is 0 Å². The molecule has 0 saturated heterocycles. The number of carbonyl (C=O) groups is 1. The maximum atomic E-state index is 13.2. The van der Waals surface area contributed by atoms with Gasteiger partial charge in [0.05, 0.1) is 24.2 Å². The van der Waals surface area contributed by atoms with Gasteiger partial charge in [-0.1, -0.05) is 18.2 Å². The van der Waals surface area contributed by atoms with E-state index in [0.29, 0.717) is 11.3 Å². The van der Waals surface area contributed by atoms with E-state index in [2.05, 4.69) is 4.74 Å². The summed E-state index contributed by atoms with van der Waals surface area (Å²) in [5.74, 6) is -0.886. The molecule has 0 amide bonds. The fourth-order valence-corrected chi connectivity index (χ4v) is 4.14. The molecule has 0 N–H and O–H groups in total. The summed E-state index contributed by atoms with van der Waals surface area (Å²) in [5, 5.41) is 0. The first-order chi connectivity index (χ1) is 13.3. The number of methoxy groups -OCH3 is 1. The number of nitrogens with zero attached hydrogens (tertiary/aromatic N) is 1. The van der Waals surface area contributed by atoms with Crippen LogP contribution in [0.3, 0.4) is 0 Å². The van der Waals surface area contributed by atoms with Gasteiger partial charge in [0.15, 0.2) is 0 Å². The van der Waals surface area contributed by atoms with Crippen molar-refractivity contribution in [2.24, 2.45) is 0 Å². The van der Waals surface area contributed by atoms with Crippen LogP contribution in [0.25, 0.3) is 0 Å². The minimum atomic E-state index is -4.01. The van der Waals surface area contributed by atoms with Crippen LogP contribution >= 0.6 is 0 Å². The number of para-hydroxylation sites is 1. The number of hydrogen-bond acceptors (Lipinski definition) is 5. The second-order valence-corrected chi connectivity index (χ2v) is 7.88. The lowest BCUT2D eigenvalue weighted by molar-refractivity contribution is 0.0562. The predicted octanol–water partition coefficient (Wildman–Crippen LogP) is 3.91. The second-order valence-electron chi connectivity index (χ2n) is 6.02. The molecule has 0 spiro atoms. The summed E-state index contributed by atoms with van der Waals surface area (Å²) in [7, 11) is -2.77. The molecular formula is C20H18FNO5S. The third-order valence-electron chi connectivity index (χ3n) is 4.08. The van der Waals surface area contributed by atoms with Crippen molar-refractivity contribution in [3.8, 4) is 0 Å². The Morgan fingerprint density at radius 3 is 2.36 bits per heavy atom. The van der Waals surface area contributed by atoms with E-state index in [1.165, 1.54) is 19.2 Å². The first-order valence-corrected chi connectivity index (χ1v) is 9.78. The number of hydrogen-bond donors (Lipinski definition) is 0. The molecule has 0 bridgehead atoms. The summed E-state index contributed by atoms with van der Waals surface area (Å²) in [6, 6.07) is 14.6. The normalized spacial score (nSPS) is 11.2. The monoisotopic (exact) mass is 403 g/mol. The fraction of sp³-hybridized carbons (Fsp3) is 0.150. The van der Waals surface area contributed by atoms with E-state index in [1.54, 1.807) is 43.3 Å². The van der Waals surface area contributed by atoms with Crippen molar-refractivity contribution >= 4 is 21.7 Å². The maximum Gasteiger partial charge on any atom is 0.374 e. The number of benzene rings is 2. The average Bonchev–Trinajstić information content (AvgIpc) is 3.06. The Bertz CT molecular complexity index is 1080. The standard InChI is InChI=1S/C20H18FNO5S/c1-14-12-17(27-19(14)20(23)26-2)13-22(16-6-4-3-5-7-16)28(24,25)18-10-8-15(21)9-11-18/h3-12H,13H2,1-2H3. The third kappa shape index (κ3) is 3.91. The van der Waals surface area contributed by atoms with Gasteiger partial charge in [-0.05, 0) is 49.4 Å². The van der Waals surface area contributed by atoms with E-state index in [1.807, 2.05) is 0 Å². The van der Waals surface area contributed by atoms with Crippen LogP contribution in [0, 0.1) is 12.7 Å². The molecule has 146 valence electrons. The van der Waals surface area contributed by atoms with Crippen LogP contribution in [0.1, 0.15) is 21.9 Å². The molecule has 0 fully saturated rings. The van der Waals surface area contributed by atoms with Gasteiger partial charge in [0.25, 0.3) is 10.0 Å². The molecular weight excluding hydrogens is 385 g/mol. The Morgan fingerprint density at radius 2 is 1.75 bits per heavy atom. The van der Waals surface area contributed by atoms with Crippen molar-refractivity contribution in [2.45, 2.75) is 18.4 Å². The molecule has 0 radical (unpaired) electrons. The topological polar surface area (TPSA) is 76.8 Å². The lowest BCUT2D eigenvalue weighted by atomic mass is 10.2. The highest BCUT2D eigenvalue weighted by atomic mass is 32.2. The number of sulfonamides is 1. The highest BCUT2D eigenvalue weighted by molar-refractivity contribution is 7.92. The van der Waals surface area contributed by atoms with Gasteiger partial charge < -0.3 is 9.15 Å². The molecule has 1 heterocycles. The van der Waals surface area contributed by atoms with Gasteiger partial charge in [0.1, 0.15) is 11.6 Å².